The van der Waals surface area contributed by atoms with Gasteiger partial charge in [-0.2, -0.15) is 5.10 Å². The third-order valence-corrected chi connectivity index (χ3v) is 6.75. The molecule has 0 saturated heterocycles. The van der Waals surface area contributed by atoms with E-state index < -0.39 is 11.8 Å². The molecule has 1 aromatic heterocycles. The molecule has 0 aliphatic heterocycles. The number of anilines is 2. The van der Waals surface area contributed by atoms with E-state index in [0.717, 1.165) is 11.1 Å². The molecule has 0 radical (unpaired) electrons. The summed E-state index contributed by atoms with van der Waals surface area (Å²) in [5.41, 5.74) is 5.08. The maximum absolute atomic E-state index is 13.7. The molecule has 5 rings (SSSR count). The standard InChI is InChI=1S/C34H29FN4O3/c1-22-9-4-6-13-30(22)36-33(40)29(34(41)37-31-14-7-5-10-23(31)2)20-25-21-39(27-17-15-26(35)16-18-27)38-32(25)24-11-8-12-28(19-24)42-3/h4-21H,1-3H3,(H,36,40)(H,37,41). The lowest BCUT2D eigenvalue weighted by atomic mass is 10.0. The molecule has 2 N–H and O–H groups in total. The Hall–Kier alpha value is -5.50. The topological polar surface area (TPSA) is 85.2 Å². The second-order valence-corrected chi connectivity index (χ2v) is 9.68. The molecule has 7 nitrogen and oxygen atoms in total. The third-order valence-electron chi connectivity index (χ3n) is 6.75. The average Bonchev–Trinajstić information content (AvgIpc) is 3.42. The van der Waals surface area contributed by atoms with Crippen LogP contribution >= 0.6 is 0 Å². The van der Waals surface area contributed by atoms with E-state index in [1.54, 1.807) is 42.3 Å². The van der Waals surface area contributed by atoms with Crippen molar-refractivity contribution < 1.29 is 18.7 Å². The molecule has 0 aliphatic carbocycles. The number of hydrogen-bond acceptors (Lipinski definition) is 4. The van der Waals surface area contributed by atoms with E-state index in [-0.39, 0.29) is 11.4 Å². The van der Waals surface area contributed by atoms with Gasteiger partial charge in [-0.1, -0.05) is 48.5 Å². The number of aryl methyl sites for hydroxylation is 2. The first-order chi connectivity index (χ1) is 20.3. The first kappa shape index (κ1) is 28.0. The lowest BCUT2D eigenvalue weighted by Crippen LogP contribution is -2.26. The summed E-state index contributed by atoms with van der Waals surface area (Å²) in [4.78, 5) is 27.4. The molecule has 210 valence electrons. The van der Waals surface area contributed by atoms with E-state index in [2.05, 4.69) is 10.6 Å². The monoisotopic (exact) mass is 560 g/mol. The molecule has 0 bridgehead atoms. The van der Waals surface area contributed by atoms with Crippen LogP contribution in [0.15, 0.2) is 109 Å². The summed E-state index contributed by atoms with van der Waals surface area (Å²) in [6.45, 7) is 3.75. The van der Waals surface area contributed by atoms with Crippen molar-refractivity contribution >= 4 is 29.3 Å². The van der Waals surface area contributed by atoms with Crippen LogP contribution in [0.25, 0.3) is 23.0 Å². The maximum atomic E-state index is 13.7. The summed E-state index contributed by atoms with van der Waals surface area (Å²) in [7, 11) is 1.57. The number of hydrogen-bond donors (Lipinski definition) is 2. The highest BCUT2D eigenvalue weighted by Gasteiger charge is 2.22. The Kier molecular flexibility index (Phi) is 8.24. The molecule has 4 aromatic carbocycles. The van der Waals surface area contributed by atoms with Crippen molar-refractivity contribution in [1.29, 1.82) is 0 Å². The lowest BCUT2D eigenvalue weighted by molar-refractivity contribution is -0.118. The summed E-state index contributed by atoms with van der Waals surface area (Å²) in [5, 5.41) is 10.5. The molecule has 0 aliphatic rings. The van der Waals surface area contributed by atoms with Gasteiger partial charge in [0.1, 0.15) is 22.8 Å². The van der Waals surface area contributed by atoms with Crippen molar-refractivity contribution in [2.45, 2.75) is 13.8 Å². The molecule has 42 heavy (non-hydrogen) atoms. The fourth-order valence-corrected chi connectivity index (χ4v) is 4.41. The number of amides is 2. The number of methoxy groups -OCH3 is 1. The van der Waals surface area contributed by atoms with Crippen LogP contribution in [-0.2, 0) is 9.59 Å². The number of rotatable bonds is 8. The van der Waals surface area contributed by atoms with Gasteiger partial charge in [0.25, 0.3) is 11.8 Å². The first-order valence-corrected chi connectivity index (χ1v) is 13.3. The van der Waals surface area contributed by atoms with Crippen molar-refractivity contribution in [3.05, 3.63) is 131 Å². The molecule has 2 amide bonds. The van der Waals surface area contributed by atoms with Gasteiger partial charge in [0.2, 0.25) is 0 Å². The number of para-hydroxylation sites is 2. The molecule has 0 atom stereocenters. The zero-order valence-electron chi connectivity index (χ0n) is 23.4. The molecule has 0 fully saturated rings. The summed E-state index contributed by atoms with van der Waals surface area (Å²) in [6, 6.07) is 27.9. The Labute approximate surface area is 243 Å². The minimum Gasteiger partial charge on any atom is -0.497 e. The van der Waals surface area contributed by atoms with Crippen molar-refractivity contribution in [1.82, 2.24) is 9.78 Å². The van der Waals surface area contributed by atoms with Gasteiger partial charge in [0, 0.05) is 28.7 Å². The fraction of sp³-hybridized carbons (Fsp3) is 0.0882. The van der Waals surface area contributed by atoms with Crippen LogP contribution in [0.1, 0.15) is 16.7 Å². The Bertz CT molecular complexity index is 1730. The van der Waals surface area contributed by atoms with Crippen LogP contribution in [0.3, 0.4) is 0 Å². The number of ether oxygens (including phenoxy) is 1. The molecule has 8 heteroatoms. The zero-order chi connectivity index (χ0) is 29.6. The van der Waals surface area contributed by atoms with Crippen LogP contribution in [-0.4, -0.2) is 28.7 Å². The Balaban J connectivity index is 1.64. The van der Waals surface area contributed by atoms with Crippen molar-refractivity contribution in [2.24, 2.45) is 0 Å². The maximum Gasteiger partial charge on any atom is 0.261 e. The van der Waals surface area contributed by atoms with E-state index in [4.69, 9.17) is 9.84 Å². The number of nitrogens with zero attached hydrogens (tertiary/aromatic N) is 2. The normalized spacial score (nSPS) is 10.6. The first-order valence-electron chi connectivity index (χ1n) is 13.3. The van der Waals surface area contributed by atoms with Crippen LogP contribution in [0.5, 0.6) is 5.75 Å². The average molecular weight is 561 g/mol. The van der Waals surface area contributed by atoms with Gasteiger partial charge in [-0.3, -0.25) is 9.59 Å². The van der Waals surface area contributed by atoms with E-state index in [0.29, 0.717) is 39.6 Å². The van der Waals surface area contributed by atoms with Gasteiger partial charge in [-0.05, 0) is 79.6 Å². The van der Waals surface area contributed by atoms with Crippen LogP contribution in [0.4, 0.5) is 15.8 Å². The predicted molar refractivity (Wildman–Crippen MR) is 163 cm³/mol. The minimum absolute atomic E-state index is 0.121. The lowest BCUT2D eigenvalue weighted by Gasteiger charge is -2.13. The molecular weight excluding hydrogens is 531 g/mol. The van der Waals surface area contributed by atoms with Gasteiger partial charge in [0.15, 0.2) is 0 Å². The van der Waals surface area contributed by atoms with Crippen molar-refractivity contribution in [3.8, 4) is 22.7 Å². The Morgan fingerprint density at radius 2 is 1.40 bits per heavy atom. The van der Waals surface area contributed by atoms with E-state index in [1.165, 1.54) is 18.2 Å². The SMILES string of the molecule is COc1cccc(-c2nn(-c3ccc(F)cc3)cc2C=C(C(=O)Nc2ccccc2C)C(=O)Nc2ccccc2C)c1. The number of carbonyl (C=O) groups excluding carboxylic acids is 2. The zero-order valence-corrected chi connectivity index (χ0v) is 23.4. The van der Waals surface area contributed by atoms with Crippen LogP contribution in [0.2, 0.25) is 0 Å². The van der Waals surface area contributed by atoms with Crippen molar-refractivity contribution in [2.75, 3.05) is 17.7 Å². The molecule has 0 spiro atoms. The number of halogens is 1. The predicted octanol–water partition coefficient (Wildman–Crippen LogP) is 6.96. The number of carbonyl (C=O) groups is 2. The third kappa shape index (κ3) is 6.28. The highest BCUT2D eigenvalue weighted by Crippen LogP contribution is 2.29. The highest BCUT2D eigenvalue weighted by atomic mass is 19.1. The highest BCUT2D eigenvalue weighted by molar-refractivity contribution is 6.29. The summed E-state index contributed by atoms with van der Waals surface area (Å²) in [6.07, 6.45) is 3.22. The Morgan fingerprint density at radius 1 is 0.810 bits per heavy atom. The fourth-order valence-electron chi connectivity index (χ4n) is 4.41. The van der Waals surface area contributed by atoms with E-state index in [9.17, 15) is 14.0 Å². The van der Waals surface area contributed by atoms with E-state index in [1.807, 2.05) is 74.5 Å². The summed E-state index contributed by atoms with van der Waals surface area (Å²) < 4.78 is 20.7. The molecule has 0 saturated carbocycles. The second kappa shape index (κ2) is 12.3. The van der Waals surface area contributed by atoms with Crippen molar-refractivity contribution in [3.63, 3.8) is 0 Å². The summed E-state index contributed by atoms with van der Waals surface area (Å²) >= 11 is 0. The molecule has 5 aromatic rings. The van der Waals surface area contributed by atoms with Gasteiger partial charge in [-0.25, -0.2) is 9.07 Å². The number of nitrogens with one attached hydrogen (secondary N) is 2. The van der Waals surface area contributed by atoms with Crippen LogP contribution in [0, 0.1) is 19.7 Å². The smallest absolute Gasteiger partial charge is 0.261 e. The van der Waals surface area contributed by atoms with E-state index >= 15 is 0 Å². The molecule has 0 unspecified atom stereocenters. The Morgan fingerprint density at radius 3 is 1.98 bits per heavy atom. The molecule has 1 heterocycles. The van der Waals surface area contributed by atoms with Gasteiger partial charge >= 0.3 is 0 Å². The van der Waals surface area contributed by atoms with Gasteiger partial charge in [-0.15, -0.1) is 0 Å². The number of benzene rings is 4. The van der Waals surface area contributed by atoms with Gasteiger partial charge in [0.05, 0.1) is 12.8 Å². The second-order valence-electron chi connectivity index (χ2n) is 9.68. The minimum atomic E-state index is -0.582. The quantitative estimate of drug-likeness (QED) is 0.122. The summed E-state index contributed by atoms with van der Waals surface area (Å²) in [5.74, 6) is -0.918. The molecular formula is C34H29FN4O3. The van der Waals surface area contributed by atoms with Crippen LogP contribution < -0.4 is 15.4 Å². The largest absolute Gasteiger partial charge is 0.497 e. The number of aromatic nitrogens is 2. The van der Waals surface area contributed by atoms with Gasteiger partial charge < -0.3 is 15.4 Å².